The fourth-order valence-corrected chi connectivity index (χ4v) is 1.42. The Morgan fingerprint density at radius 2 is 2.00 bits per heavy atom. The molecule has 0 fully saturated rings. The summed E-state index contributed by atoms with van der Waals surface area (Å²) in [7, 11) is 0. The highest BCUT2D eigenvalue weighted by molar-refractivity contribution is 6.42. The van der Waals surface area contributed by atoms with Crippen LogP contribution in [0.25, 0.3) is 0 Å². The van der Waals surface area contributed by atoms with E-state index < -0.39 is 18.5 Å². The molecule has 0 spiro atoms. The van der Waals surface area contributed by atoms with Crippen molar-refractivity contribution < 1.29 is 8.78 Å². The Morgan fingerprint density at radius 3 is 2.54 bits per heavy atom. The molecule has 1 rings (SSSR count). The first-order valence-electron chi connectivity index (χ1n) is 3.53. The first kappa shape index (κ1) is 10.7. The van der Waals surface area contributed by atoms with Gasteiger partial charge in [0.25, 0.3) is 0 Å². The van der Waals surface area contributed by atoms with E-state index >= 15 is 0 Å². The zero-order valence-electron chi connectivity index (χ0n) is 6.53. The summed E-state index contributed by atoms with van der Waals surface area (Å²) in [6, 6.07) is 1.35. The lowest BCUT2D eigenvalue weighted by Gasteiger charge is -2.11. The Hall–Kier alpha value is -0.380. The Morgan fingerprint density at radius 1 is 1.38 bits per heavy atom. The molecule has 2 N–H and O–H groups in total. The third-order valence-corrected chi connectivity index (χ3v) is 2.44. The summed E-state index contributed by atoms with van der Waals surface area (Å²) in [6.45, 7) is -0.878. The molecule has 1 nitrogen and oxygen atoms in total. The number of benzene rings is 1. The molecule has 0 radical (unpaired) electrons. The van der Waals surface area contributed by atoms with Gasteiger partial charge < -0.3 is 5.73 Å². The van der Waals surface area contributed by atoms with Crippen molar-refractivity contribution in [2.45, 2.75) is 6.04 Å². The summed E-state index contributed by atoms with van der Waals surface area (Å²) in [5.74, 6) is -0.639. The van der Waals surface area contributed by atoms with Crippen molar-refractivity contribution in [3.05, 3.63) is 33.6 Å². The van der Waals surface area contributed by atoms with Gasteiger partial charge >= 0.3 is 0 Å². The average molecular weight is 226 g/mol. The van der Waals surface area contributed by atoms with Crippen molar-refractivity contribution >= 4 is 23.2 Å². The first-order valence-corrected chi connectivity index (χ1v) is 4.28. The predicted octanol–water partition coefficient (Wildman–Crippen LogP) is 3.10. The van der Waals surface area contributed by atoms with Crippen molar-refractivity contribution in [2.24, 2.45) is 5.73 Å². The van der Waals surface area contributed by atoms with Gasteiger partial charge in [-0.25, -0.2) is 8.78 Å². The standard InChI is InChI=1S/C8H7Cl2F2N/c9-4-1-2-5(12)7(8(4)10)6(13)3-11/h1-2,6H,3,13H2. The normalized spacial score (nSPS) is 13.0. The molecule has 0 aliphatic carbocycles. The summed E-state index contributed by atoms with van der Waals surface area (Å²) in [5.41, 5.74) is 5.23. The van der Waals surface area contributed by atoms with Gasteiger partial charge in [0.1, 0.15) is 12.5 Å². The van der Waals surface area contributed by atoms with Gasteiger partial charge in [-0.15, -0.1) is 0 Å². The molecule has 0 amide bonds. The summed E-state index contributed by atoms with van der Waals surface area (Å²) < 4.78 is 25.2. The van der Waals surface area contributed by atoms with Crippen molar-refractivity contribution in [3.8, 4) is 0 Å². The Bertz CT molecular complexity index is 317. The van der Waals surface area contributed by atoms with Crippen LogP contribution in [0.15, 0.2) is 12.1 Å². The molecule has 0 aliphatic heterocycles. The zero-order valence-corrected chi connectivity index (χ0v) is 8.04. The molecule has 0 saturated heterocycles. The predicted molar refractivity (Wildman–Crippen MR) is 49.3 cm³/mol. The number of hydrogen-bond donors (Lipinski definition) is 1. The van der Waals surface area contributed by atoms with Gasteiger partial charge in [0.05, 0.1) is 16.1 Å². The molecule has 0 aliphatic rings. The lowest BCUT2D eigenvalue weighted by molar-refractivity contribution is 0.427. The second kappa shape index (κ2) is 4.22. The molecule has 13 heavy (non-hydrogen) atoms. The molecule has 72 valence electrons. The van der Waals surface area contributed by atoms with Gasteiger partial charge in [-0.2, -0.15) is 0 Å². The number of rotatable bonds is 2. The van der Waals surface area contributed by atoms with E-state index in [0.717, 1.165) is 6.07 Å². The van der Waals surface area contributed by atoms with Gasteiger partial charge in [0, 0.05) is 5.56 Å². The molecule has 1 aromatic carbocycles. The van der Waals surface area contributed by atoms with Gasteiger partial charge in [-0.1, -0.05) is 23.2 Å². The van der Waals surface area contributed by atoms with E-state index in [2.05, 4.69) is 0 Å². The molecule has 5 heteroatoms. The molecule has 0 saturated carbocycles. The van der Waals surface area contributed by atoms with Gasteiger partial charge in [-0.3, -0.25) is 0 Å². The minimum absolute atomic E-state index is 0.0215. The van der Waals surface area contributed by atoms with Crippen LogP contribution >= 0.6 is 23.2 Å². The summed E-state index contributed by atoms with van der Waals surface area (Å²) in [4.78, 5) is 0. The lowest BCUT2D eigenvalue weighted by Crippen LogP contribution is -2.14. The van der Waals surface area contributed by atoms with Crippen LogP contribution in [-0.4, -0.2) is 6.67 Å². The van der Waals surface area contributed by atoms with Gasteiger partial charge in [0.15, 0.2) is 0 Å². The van der Waals surface area contributed by atoms with Crippen LogP contribution in [0.3, 0.4) is 0 Å². The van der Waals surface area contributed by atoms with Crippen molar-refractivity contribution in [2.75, 3.05) is 6.67 Å². The fraction of sp³-hybridized carbons (Fsp3) is 0.250. The maximum absolute atomic E-state index is 13.1. The van der Waals surface area contributed by atoms with Crippen LogP contribution in [0.5, 0.6) is 0 Å². The smallest absolute Gasteiger partial charge is 0.129 e. The van der Waals surface area contributed by atoms with Crippen molar-refractivity contribution in [1.82, 2.24) is 0 Å². The molecular weight excluding hydrogens is 219 g/mol. The van der Waals surface area contributed by atoms with Crippen LogP contribution in [0, 0.1) is 5.82 Å². The third-order valence-electron chi connectivity index (χ3n) is 1.62. The van der Waals surface area contributed by atoms with E-state index in [0.29, 0.717) is 0 Å². The average Bonchev–Trinajstić information content (AvgIpc) is 2.12. The first-order chi connectivity index (χ1) is 6.07. The van der Waals surface area contributed by atoms with E-state index in [1.165, 1.54) is 6.07 Å². The van der Waals surface area contributed by atoms with E-state index in [9.17, 15) is 8.78 Å². The van der Waals surface area contributed by atoms with Crippen LogP contribution in [0.1, 0.15) is 11.6 Å². The van der Waals surface area contributed by atoms with Crippen LogP contribution < -0.4 is 5.73 Å². The maximum Gasteiger partial charge on any atom is 0.129 e. The van der Waals surface area contributed by atoms with Crippen molar-refractivity contribution in [3.63, 3.8) is 0 Å². The molecule has 0 heterocycles. The largest absolute Gasteiger partial charge is 0.322 e. The molecule has 0 aromatic heterocycles. The highest BCUT2D eigenvalue weighted by atomic mass is 35.5. The topological polar surface area (TPSA) is 26.0 Å². The lowest BCUT2D eigenvalue weighted by atomic mass is 10.1. The number of halogens is 4. The van der Waals surface area contributed by atoms with Gasteiger partial charge in [0.2, 0.25) is 0 Å². The quantitative estimate of drug-likeness (QED) is 0.770. The Balaban J connectivity index is 3.25. The second-order valence-electron chi connectivity index (χ2n) is 2.52. The minimum atomic E-state index is -1.06. The zero-order chi connectivity index (χ0) is 10.0. The third kappa shape index (κ3) is 2.10. The van der Waals surface area contributed by atoms with Crippen molar-refractivity contribution in [1.29, 1.82) is 0 Å². The van der Waals surface area contributed by atoms with Gasteiger partial charge in [-0.05, 0) is 12.1 Å². The summed E-state index contributed by atoms with van der Waals surface area (Å²) >= 11 is 11.3. The highest BCUT2D eigenvalue weighted by Gasteiger charge is 2.17. The monoisotopic (exact) mass is 225 g/mol. The molecule has 0 bridgehead atoms. The highest BCUT2D eigenvalue weighted by Crippen LogP contribution is 2.31. The molecule has 1 atom stereocenters. The second-order valence-corrected chi connectivity index (χ2v) is 3.30. The Kier molecular flexibility index (Phi) is 3.47. The minimum Gasteiger partial charge on any atom is -0.322 e. The molecule has 1 unspecified atom stereocenters. The van der Waals surface area contributed by atoms with E-state index in [1.807, 2.05) is 0 Å². The van der Waals surface area contributed by atoms with E-state index in [4.69, 9.17) is 28.9 Å². The SMILES string of the molecule is NC(CF)c1c(F)ccc(Cl)c1Cl. The van der Waals surface area contributed by atoms with E-state index in [1.54, 1.807) is 0 Å². The Labute approximate surface area is 84.4 Å². The van der Waals surface area contributed by atoms with Crippen LogP contribution in [0.4, 0.5) is 8.78 Å². The van der Waals surface area contributed by atoms with Crippen LogP contribution in [0.2, 0.25) is 10.0 Å². The van der Waals surface area contributed by atoms with E-state index in [-0.39, 0.29) is 15.6 Å². The number of alkyl halides is 1. The number of nitrogens with two attached hydrogens (primary N) is 1. The maximum atomic E-state index is 13.1. The molecular formula is C8H7Cl2F2N. The summed E-state index contributed by atoms with van der Waals surface area (Å²) in [6.07, 6.45) is 0. The summed E-state index contributed by atoms with van der Waals surface area (Å²) in [5, 5.41) is 0.147. The number of hydrogen-bond acceptors (Lipinski definition) is 1. The fourth-order valence-electron chi connectivity index (χ4n) is 0.960. The molecule has 1 aromatic rings. The van der Waals surface area contributed by atoms with Crippen LogP contribution in [-0.2, 0) is 0 Å².